The van der Waals surface area contributed by atoms with Gasteiger partial charge in [-0.3, -0.25) is 4.79 Å². The fourth-order valence-electron chi connectivity index (χ4n) is 2.91. The van der Waals surface area contributed by atoms with Crippen LogP contribution in [0.4, 0.5) is 0 Å². The molecular weight excluding hydrogens is 446 g/mol. The van der Waals surface area contributed by atoms with E-state index in [-0.39, 0.29) is 11.5 Å². The van der Waals surface area contributed by atoms with Crippen molar-refractivity contribution in [2.45, 2.75) is 12.1 Å². The number of Topliss-reactive ketones (excluding diaryl/α,β-unsaturated/α-hetero) is 1. The molecule has 0 spiro atoms. The third-order valence-corrected chi connectivity index (χ3v) is 6.16. The van der Waals surface area contributed by atoms with Crippen LogP contribution in [0.15, 0.2) is 88.5 Å². The summed E-state index contributed by atoms with van der Waals surface area (Å²) in [7, 11) is 0. The predicted octanol–water partition coefficient (Wildman–Crippen LogP) is 5.98. The van der Waals surface area contributed by atoms with Gasteiger partial charge in [-0.25, -0.2) is 9.67 Å². The number of nitrogens with zero attached hydrogens (tertiary/aromatic N) is 3. The van der Waals surface area contributed by atoms with E-state index in [0.717, 1.165) is 27.1 Å². The lowest BCUT2D eigenvalue weighted by molar-refractivity contribution is 0.102. The minimum absolute atomic E-state index is 0.0583. The molecule has 0 N–H and O–H groups in total. The first kappa shape index (κ1) is 19.6. The van der Waals surface area contributed by atoms with Crippen LogP contribution in [0.25, 0.3) is 17.1 Å². The van der Waals surface area contributed by atoms with Gasteiger partial charge in [-0.05, 0) is 36.8 Å². The van der Waals surface area contributed by atoms with Gasteiger partial charge in [0.15, 0.2) is 11.6 Å². The van der Waals surface area contributed by atoms with Crippen molar-refractivity contribution >= 4 is 33.5 Å². The molecule has 0 atom stereocenters. The zero-order valence-corrected chi connectivity index (χ0v) is 18.2. The highest BCUT2D eigenvalue weighted by Crippen LogP contribution is 2.25. The second-order valence-electron chi connectivity index (χ2n) is 6.51. The molecule has 0 aliphatic rings. The number of carbonyl (C=O) groups is 1. The first-order valence-electron chi connectivity index (χ1n) is 9.12. The van der Waals surface area contributed by atoms with E-state index < -0.39 is 0 Å². The van der Waals surface area contributed by atoms with Gasteiger partial charge in [0.2, 0.25) is 5.16 Å². The second-order valence-corrected chi connectivity index (χ2v) is 8.30. The molecule has 1 aromatic heterocycles. The maximum Gasteiger partial charge on any atom is 0.209 e. The van der Waals surface area contributed by atoms with Crippen LogP contribution in [0.1, 0.15) is 15.9 Å². The zero-order chi connectivity index (χ0) is 20.2. The van der Waals surface area contributed by atoms with Crippen molar-refractivity contribution in [1.29, 1.82) is 0 Å². The second kappa shape index (κ2) is 8.76. The molecule has 0 bridgehead atoms. The van der Waals surface area contributed by atoms with Crippen LogP contribution in [-0.2, 0) is 0 Å². The Balaban J connectivity index is 1.60. The maximum atomic E-state index is 12.6. The summed E-state index contributed by atoms with van der Waals surface area (Å²) in [6.45, 7) is 1.98. The van der Waals surface area contributed by atoms with Gasteiger partial charge in [0.1, 0.15) is 0 Å². The highest BCUT2D eigenvalue weighted by molar-refractivity contribution is 9.10. The minimum atomic E-state index is 0.0583. The van der Waals surface area contributed by atoms with Gasteiger partial charge >= 0.3 is 0 Å². The standard InChI is InChI=1S/C23H18BrN3OS/c1-16-14-18(12-13-20(16)24)21(28)15-29-23-25-22(17-8-4-2-5-9-17)27(26-23)19-10-6-3-7-11-19/h2-14H,15H2,1H3. The van der Waals surface area contributed by atoms with Crippen LogP contribution in [0.5, 0.6) is 0 Å². The molecule has 3 aromatic carbocycles. The predicted molar refractivity (Wildman–Crippen MR) is 121 cm³/mol. The lowest BCUT2D eigenvalue weighted by atomic mass is 10.1. The number of hydrogen-bond acceptors (Lipinski definition) is 4. The lowest BCUT2D eigenvalue weighted by Crippen LogP contribution is -2.03. The number of aromatic nitrogens is 3. The van der Waals surface area contributed by atoms with Crippen molar-refractivity contribution in [2.24, 2.45) is 0 Å². The Kier molecular flexibility index (Phi) is 5.92. The Bertz CT molecular complexity index is 1090. The van der Waals surface area contributed by atoms with E-state index in [1.807, 2.05) is 90.5 Å². The first-order chi connectivity index (χ1) is 14.1. The van der Waals surface area contributed by atoms with E-state index in [4.69, 9.17) is 4.98 Å². The van der Waals surface area contributed by atoms with Crippen LogP contribution in [-0.4, -0.2) is 26.3 Å². The highest BCUT2D eigenvalue weighted by Gasteiger charge is 2.16. The van der Waals surface area contributed by atoms with Crippen molar-refractivity contribution < 1.29 is 4.79 Å². The summed E-state index contributed by atoms with van der Waals surface area (Å²) in [6.07, 6.45) is 0. The Morgan fingerprint density at radius 3 is 2.38 bits per heavy atom. The summed E-state index contributed by atoms with van der Waals surface area (Å²) < 4.78 is 2.82. The van der Waals surface area contributed by atoms with E-state index in [1.165, 1.54) is 11.8 Å². The number of rotatable bonds is 6. The third-order valence-electron chi connectivity index (χ3n) is 4.43. The fraction of sp³-hybridized carbons (Fsp3) is 0.0870. The molecule has 0 aliphatic heterocycles. The molecule has 0 aliphatic carbocycles. The molecule has 4 rings (SSSR count). The molecule has 0 saturated carbocycles. The summed E-state index contributed by atoms with van der Waals surface area (Å²) in [5, 5.41) is 5.24. The van der Waals surface area contributed by atoms with E-state index in [1.54, 1.807) is 0 Å². The van der Waals surface area contributed by atoms with Crippen molar-refractivity contribution in [3.63, 3.8) is 0 Å². The van der Waals surface area contributed by atoms with Gasteiger partial charge < -0.3 is 0 Å². The highest BCUT2D eigenvalue weighted by atomic mass is 79.9. The van der Waals surface area contributed by atoms with Crippen molar-refractivity contribution in [1.82, 2.24) is 14.8 Å². The van der Waals surface area contributed by atoms with Crippen LogP contribution < -0.4 is 0 Å². The number of para-hydroxylation sites is 1. The van der Waals surface area contributed by atoms with Crippen LogP contribution in [0, 0.1) is 6.92 Å². The Morgan fingerprint density at radius 2 is 1.69 bits per heavy atom. The Hall–Kier alpha value is -2.70. The molecule has 0 fully saturated rings. The SMILES string of the molecule is Cc1cc(C(=O)CSc2nc(-c3ccccc3)n(-c3ccccc3)n2)ccc1Br. The zero-order valence-electron chi connectivity index (χ0n) is 15.7. The monoisotopic (exact) mass is 463 g/mol. The fourth-order valence-corrected chi connectivity index (χ4v) is 3.87. The minimum Gasteiger partial charge on any atom is -0.293 e. The summed E-state index contributed by atoms with van der Waals surface area (Å²) in [6, 6.07) is 25.5. The molecule has 4 nitrogen and oxygen atoms in total. The Morgan fingerprint density at radius 1 is 1.00 bits per heavy atom. The largest absolute Gasteiger partial charge is 0.293 e. The van der Waals surface area contributed by atoms with Crippen molar-refractivity contribution in [3.8, 4) is 17.1 Å². The van der Waals surface area contributed by atoms with Gasteiger partial charge in [-0.1, -0.05) is 82.3 Å². The van der Waals surface area contributed by atoms with Gasteiger partial charge in [0.05, 0.1) is 11.4 Å². The van der Waals surface area contributed by atoms with E-state index in [2.05, 4.69) is 21.0 Å². The van der Waals surface area contributed by atoms with Gasteiger partial charge in [-0.2, -0.15) is 0 Å². The van der Waals surface area contributed by atoms with E-state index >= 15 is 0 Å². The molecule has 0 radical (unpaired) electrons. The lowest BCUT2D eigenvalue weighted by Gasteiger charge is -2.05. The van der Waals surface area contributed by atoms with Crippen LogP contribution in [0.3, 0.4) is 0 Å². The molecule has 0 unspecified atom stereocenters. The number of hydrogen-bond donors (Lipinski definition) is 0. The number of ketones is 1. The summed E-state index contributed by atoms with van der Waals surface area (Å²) in [5.41, 5.74) is 3.65. The molecule has 0 amide bonds. The first-order valence-corrected chi connectivity index (χ1v) is 10.9. The molecule has 29 heavy (non-hydrogen) atoms. The number of benzene rings is 3. The van der Waals surface area contributed by atoms with Gasteiger partial charge in [-0.15, -0.1) is 5.10 Å². The molecular formula is C23H18BrN3OS. The smallest absolute Gasteiger partial charge is 0.209 e. The van der Waals surface area contributed by atoms with Crippen molar-refractivity contribution in [3.05, 3.63) is 94.5 Å². The topological polar surface area (TPSA) is 47.8 Å². The molecule has 144 valence electrons. The normalized spacial score (nSPS) is 10.8. The van der Waals surface area contributed by atoms with Crippen LogP contribution in [0.2, 0.25) is 0 Å². The molecule has 6 heteroatoms. The van der Waals surface area contributed by atoms with Crippen molar-refractivity contribution in [2.75, 3.05) is 5.75 Å². The quantitative estimate of drug-likeness (QED) is 0.260. The van der Waals surface area contributed by atoms with E-state index in [9.17, 15) is 4.79 Å². The number of carbonyl (C=O) groups excluding carboxylic acids is 1. The number of thioether (sulfide) groups is 1. The van der Waals surface area contributed by atoms with Gasteiger partial charge in [0, 0.05) is 15.6 Å². The molecule has 0 saturated heterocycles. The Labute approximate surface area is 182 Å². The van der Waals surface area contributed by atoms with Gasteiger partial charge in [0.25, 0.3) is 0 Å². The number of aryl methyl sites for hydroxylation is 1. The third kappa shape index (κ3) is 4.49. The number of halogens is 1. The van der Waals surface area contributed by atoms with Crippen LogP contribution >= 0.6 is 27.7 Å². The average molecular weight is 464 g/mol. The summed E-state index contributed by atoms with van der Waals surface area (Å²) in [4.78, 5) is 17.3. The summed E-state index contributed by atoms with van der Waals surface area (Å²) >= 11 is 4.82. The maximum absolute atomic E-state index is 12.6. The average Bonchev–Trinajstić information content (AvgIpc) is 3.19. The molecule has 4 aromatic rings. The summed E-state index contributed by atoms with van der Waals surface area (Å²) in [5.74, 6) is 1.10. The van der Waals surface area contributed by atoms with E-state index in [0.29, 0.717) is 10.7 Å². The molecule has 1 heterocycles.